The van der Waals surface area contributed by atoms with E-state index in [9.17, 15) is 4.79 Å². The van der Waals surface area contributed by atoms with E-state index < -0.39 is 0 Å². The largest absolute Gasteiger partial charge is 0.448 e. The van der Waals surface area contributed by atoms with Crippen molar-refractivity contribution >= 4 is 28.9 Å². The van der Waals surface area contributed by atoms with Crippen LogP contribution in [0, 0.1) is 23.7 Å². The first-order valence-electron chi connectivity index (χ1n) is 10.6. The lowest BCUT2D eigenvalue weighted by molar-refractivity contribution is -0.121. The molecule has 150 valence electrons. The van der Waals surface area contributed by atoms with Gasteiger partial charge in [-0.3, -0.25) is 4.79 Å². The smallest absolute Gasteiger partial charge is 0.227 e. The molecule has 2 atom stereocenters. The molecule has 1 aliphatic rings. The van der Waals surface area contributed by atoms with Crippen LogP contribution in [0.2, 0.25) is 0 Å². The molecule has 0 bridgehead atoms. The number of carbonyl (C=O) groups excluding carboxylic acids is 1. The van der Waals surface area contributed by atoms with E-state index >= 15 is 0 Å². The highest BCUT2D eigenvalue weighted by Gasteiger charge is 2.28. The van der Waals surface area contributed by atoms with Crippen molar-refractivity contribution < 1.29 is 9.53 Å². The average Bonchev–Trinajstić information content (AvgIpc) is 2.67. The van der Waals surface area contributed by atoms with Gasteiger partial charge in [0.15, 0.2) is 10.8 Å². The summed E-state index contributed by atoms with van der Waals surface area (Å²) in [6.07, 6.45) is 8.16. The lowest BCUT2D eigenvalue weighted by Crippen LogP contribution is -2.29. The summed E-state index contributed by atoms with van der Waals surface area (Å²) in [6.45, 7) is 8.57. The van der Waals surface area contributed by atoms with Gasteiger partial charge in [0.25, 0.3) is 0 Å². The number of thiocarbonyl (C=S) groups is 1. The maximum absolute atomic E-state index is 12.9. The highest BCUT2D eigenvalue weighted by molar-refractivity contribution is 7.80. The van der Waals surface area contributed by atoms with Crippen LogP contribution >= 0.6 is 12.2 Å². The number of anilines is 1. The summed E-state index contributed by atoms with van der Waals surface area (Å²) in [6, 6.07) is 7.57. The van der Waals surface area contributed by atoms with Crippen molar-refractivity contribution in [3.8, 4) is 5.75 Å². The van der Waals surface area contributed by atoms with Gasteiger partial charge in [0.1, 0.15) is 0 Å². The summed E-state index contributed by atoms with van der Waals surface area (Å²) in [7, 11) is 0. The Morgan fingerprint density at radius 3 is 2.59 bits per heavy atom. The van der Waals surface area contributed by atoms with Crippen LogP contribution in [0.4, 0.5) is 5.69 Å². The van der Waals surface area contributed by atoms with Crippen molar-refractivity contribution in [2.45, 2.75) is 72.6 Å². The van der Waals surface area contributed by atoms with E-state index in [0.717, 1.165) is 25.2 Å². The molecule has 0 spiro atoms. The van der Waals surface area contributed by atoms with Gasteiger partial charge < -0.3 is 10.1 Å². The van der Waals surface area contributed by atoms with Gasteiger partial charge in [0.2, 0.25) is 5.91 Å². The molecule has 1 saturated carbocycles. The second-order valence-corrected chi connectivity index (χ2v) is 8.61. The minimum absolute atomic E-state index is 0.100. The zero-order valence-corrected chi connectivity index (χ0v) is 18.1. The number of hydrogen-bond acceptors (Lipinski definition) is 3. The van der Waals surface area contributed by atoms with Crippen LogP contribution in [0.5, 0.6) is 5.75 Å². The van der Waals surface area contributed by atoms with Crippen LogP contribution in [0.3, 0.4) is 0 Å². The molecule has 2 unspecified atom stereocenters. The molecule has 0 aromatic heterocycles. The van der Waals surface area contributed by atoms with Gasteiger partial charge in [-0.15, -0.1) is 0 Å². The molecule has 27 heavy (non-hydrogen) atoms. The van der Waals surface area contributed by atoms with Gasteiger partial charge in [0.05, 0.1) is 5.69 Å². The molecule has 0 aliphatic heterocycles. The molecule has 1 aliphatic carbocycles. The van der Waals surface area contributed by atoms with Crippen molar-refractivity contribution in [2.24, 2.45) is 23.7 Å². The Kier molecular flexibility index (Phi) is 8.75. The quantitative estimate of drug-likeness (QED) is 0.508. The average molecular weight is 390 g/mol. The van der Waals surface area contributed by atoms with Crippen molar-refractivity contribution in [1.82, 2.24) is 0 Å². The SMILES string of the molecule is CCC(CC)CC1CCCC(C(=O)Nc2ccccc2OC(=S)C(C)C)C1. The fourth-order valence-electron chi connectivity index (χ4n) is 3.96. The number of rotatable bonds is 8. The van der Waals surface area contributed by atoms with Crippen LogP contribution in [0.1, 0.15) is 72.6 Å². The fraction of sp³-hybridized carbons (Fsp3) is 0.652. The molecule has 0 heterocycles. The summed E-state index contributed by atoms with van der Waals surface area (Å²) < 4.78 is 5.81. The molecule has 1 fully saturated rings. The maximum atomic E-state index is 12.9. The highest BCUT2D eigenvalue weighted by atomic mass is 32.1. The summed E-state index contributed by atoms with van der Waals surface area (Å²) in [5.41, 5.74) is 0.715. The number of amides is 1. The number of hydrogen-bond donors (Lipinski definition) is 1. The van der Waals surface area contributed by atoms with E-state index in [4.69, 9.17) is 17.0 Å². The van der Waals surface area contributed by atoms with Crippen LogP contribution in [-0.2, 0) is 4.79 Å². The molecule has 3 nitrogen and oxygen atoms in total. The minimum Gasteiger partial charge on any atom is -0.448 e. The maximum Gasteiger partial charge on any atom is 0.227 e. The molecular formula is C23H35NO2S. The second kappa shape index (κ2) is 10.8. The van der Waals surface area contributed by atoms with Crippen LogP contribution in [0.25, 0.3) is 0 Å². The third-order valence-electron chi connectivity index (χ3n) is 5.80. The summed E-state index contributed by atoms with van der Waals surface area (Å²) in [5, 5.41) is 3.64. The number of ether oxygens (including phenoxy) is 1. The Morgan fingerprint density at radius 2 is 1.93 bits per heavy atom. The summed E-state index contributed by atoms with van der Waals surface area (Å²) in [4.78, 5) is 12.9. The van der Waals surface area contributed by atoms with E-state index in [0.29, 0.717) is 22.4 Å². The van der Waals surface area contributed by atoms with E-state index in [1.165, 1.54) is 25.7 Å². The Labute approximate surface area is 170 Å². The lowest BCUT2D eigenvalue weighted by atomic mass is 9.76. The molecule has 1 aromatic rings. The topological polar surface area (TPSA) is 38.3 Å². The molecular weight excluding hydrogens is 354 g/mol. The molecule has 0 saturated heterocycles. The van der Waals surface area contributed by atoms with Crippen LogP contribution < -0.4 is 10.1 Å². The predicted molar refractivity (Wildman–Crippen MR) is 117 cm³/mol. The van der Waals surface area contributed by atoms with Gasteiger partial charge in [-0.2, -0.15) is 0 Å². The normalized spacial score (nSPS) is 19.9. The standard InChI is InChI=1S/C23H35NO2S/c1-5-17(6-2)14-18-10-9-11-19(15-18)22(25)24-20-12-7-8-13-21(20)26-23(27)16(3)4/h7-8,12-13,16-19H,5-6,9-11,14-15H2,1-4H3,(H,24,25). The van der Waals surface area contributed by atoms with Crippen LogP contribution in [0.15, 0.2) is 24.3 Å². The second-order valence-electron chi connectivity index (χ2n) is 8.21. The van der Waals surface area contributed by atoms with Gasteiger partial charge >= 0.3 is 0 Å². The van der Waals surface area contributed by atoms with Gasteiger partial charge in [-0.25, -0.2) is 0 Å². The predicted octanol–water partition coefficient (Wildman–Crippen LogP) is 6.62. The van der Waals surface area contributed by atoms with Crippen molar-refractivity contribution in [3.63, 3.8) is 0 Å². The van der Waals surface area contributed by atoms with E-state index in [1.807, 2.05) is 38.1 Å². The van der Waals surface area contributed by atoms with Gasteiger partial charge in [-0.05, 0) is 55.4 Å². The molecule has 0 radical (unpaired) electrons. The summed E-state index contributed by atoms with van der Waals surface area (Å²) in [5.74, 6) is 2.49. The molecule has 1 aromatic carbocycles. The molecule has 2 rings (SSSR count). The first-order chi connectivity index (χ1) is 12.9. The lowest BCUT2D eigenvalue weighted by Gasteiger charge is -2.30. The minimum atomic E-state index is 0.100. The van der Waals surface area contributed by atoms with Crippen molar-refractivity contribution in [2.75, 3.05) is 5.32 Å². The molecule has 1 amide bonds. The Balaban J connectivity index is 1.99. The fourth-order valence-corrected chi connectivity index (χ4v) is 4.05. The monoisotopic (exact) mass is 389 g/mol. The van der Waals surface area contributed by atoms with E-state index in [2.05, 4.69) is 19.2 Å². The van der Waals surface area contributed by atoms with E-state index in [1.54, 1.807) is 0 Å². The number of nitrogens with one attached hydrogen (secondary N) is 1. The van der Waals surface area contributed by atoms with Crippen LogP contribution in [-0.4, -0.2) is 11.0 Å². The third-order valence-corrected chi connectivity index (χ3v) is 6.36. The number of para-hydroxylation sites is 2. The Morgan fingerprint density at radius 1 is 1.22 bits per heavy atom. The first-order valence-corrected chi connectivity index (χ1v) is 11.0. The van der Waals surface area contributed by atoms with Gasteiger partial charge in [0, 0.05) is 11.8 Å². The van der Waals surface area contributed by atoms with E-state index in [-0.39, 0.29) is 17.7 Å². The van der Waals surface area contributed by atoms with Crippen molar-refractivity contribution in [3.05, 3.63) is 24.3 Å². The number of carbonyl (C=O) groups is 1. The zero-order chi connectivity index (χ0) is 19.8. The highest BCUT2D eigenvalue weighted by Crippen LogP contribution is 2.36. The number of benzene rings is 1. The Hall–Kier alpha value is -1.42. The zero-order valence-electron chi connectivity index (χ0n) is 17.3. The third kappa shape index (κ3) is 6.60. The summed E-state index contributed by atoms with van der Waals surface area (Å²) >= 11 is 5.30. The molecule has 1 N–H and O–H groups in total. The van der Waals surface area contributed by atoms with Gasteiger partial charge in [-0.1, -0.05) is 65.5 Å². The first kappa shape index (κ1) is 21.9. The van der Waals surface area contributed by atoms with Crippen molar-refractivity contribution in [1.29, 1.82) is 0 Å². The Bertz CT molecular complexity index is 625. The molecule has 4 heteroatoms.